The molecule has 2 fully saturated rings. The van der Waals surface area contributed by atoms with Crippen molar-refractivity contribution in [3.63, 3.8) is 0 Å². The van der Waals surface area contributed by atoms with Crippen molar-refractivity contribution in [3.8, 4) is 0 Å². The largest absolute Gasteiger partial charge is 0.330 e. The highest BCUT2D eigenvalue weighted by Gasteiger charge is 2.62. The molecule has 5 rings (SSSR count). The molecule has 0 bridgehead atoms. The lowest BCUT2D eigenvalue weighted by Crippen LogP contribution is -2.73. The Bertz CT molecular complexity index is 996. The summed E-state index contributed by atoms with van der Waals surface area (Å²) in [5.74, 6) is 0.250. The van der Waals surface area contributed by atoms with Gasteiger partial charge in [0.05, 0.1) is 6.04 Å². The monoisotopic (exact) mass is 407 g/mol. The van der Waals surface area contributed by atoms with Crippen molar-refractivity contribution < 1.29 is 4.79 Å². The second kappa shape index (κ2) is 8.55. The maximum atomic E-state index is 14.1. The molecule has 1 atom stereocenters. The topological polar surface area (TPSA) is 20.3 Å². The van der Waals surface area contributed by atoms with Gasteiger partial charge in [-0.25, -0.2) is 0 Å². The predicted molar refractivity (Wildman–Crippen MR) is 127 cm³/mol. The van der Waals surface area contributed by atoms with Gasteiger partial charge in [0.1, 0.15) is 5.41 Å². The van der Waals surface area contributed by atoms with Crippen LogP contribution in [0.2, 0.25) is 0 Å². The molecule has 0 N–H and O–H groups in total. The fraction of sp³-hybridized carbons (Fsp3) is 0.276. The number of β-lactam (4-membered cyclic amide) rings is 1. The van der Waals surface area contributed by atoms with Gasteiger partial charge in [0.15, 0.2) is 0 Å². The van der Waals surface area contributed by atoms with E-state index in [1.165, 1.54) is 24.8 Å². The number of nitrogens with zero attached hydrogens (tertiary/aromatic N) is 1. The summed E-state index contributed by atoms with van der Waals surface area (Å²) >= 11 is 0. The van der Waals surface area contributed by atoms with E-state index >= 15 is 0 Å². The molecule has 1 saturated carbocycles. The molecule has 0 unspecified atom stereocenters. The van der Waals surface area contributed by atoms with E-state index in [0.717, 1.165) is 24.0 Å². The predicted octanol–water partition coefficient (Wildman–Crippen LogP) is 6.23. The van der Waals surface area contributed by atoms with E-state index in [1.807, 2.05) is 18.2 Å². The molecule has 2 nitrogen and oxygen atoms in total. The Morgan fingerprint density at radius 2 is 1.23 bits per heavy atom. The van der Waals surface area contributed by atoms with Crippen molar-refractivity contribution in [2.24, 2.45) is 0 Å². The third-order valence-electron chi connectivity index (χ3n) is 7.01. The van der Waals surface area contributed by atoms with Crippen LogP contribution in [0.4, 0.5) is 0 Å². The molecule has 0 aromatic heterocycles. The molecule has 1 aliphatic carbocycles. The van der Waals surface area contributed by atoms with Gasteiger partial charge in [-0.2, -0.15) is 0 Å². The quantitative estimate of drug-likeness (QED) is 0.459. The molecule has 2 aliphatic rings. The molecule has 0 spiro atoms. The minimum Gasteiger partial charge on any atom is -0.330 e. The summed E-state index contributed by atoms with van der Waals surface area (Å²) in [6.07, 6.45) is 10.4. The van der Waals surface area contributed by atoms with Crippen LogP contribution in [0.1, 0.15) is 48.8 Å². The van der Waals surface area contributed by atoms with Crippen LogP contribution in [-0.4, -0.2) is 22.9 Å². The zero-order valence-corrected chi connectivity index (χ0v) is 17.9. The first-order valence-electron chi connectivity index (χ1n) is 11.5. The number of amides is 1. The summed E-state index contributed by atoms with van der Waals surface area (Å²) in [6.45, 7) is 0. The van der Waals surface area contributed by atoms with E-state index in [9.17, 15) is 4.79 Å². The first-order valence-corrected chi connectivity index (χ1v) is 11.5. The van der Waals surface area contributed by atoms with Crippen LogP contribution in [0.25, 0.3) is 6.08 Å². The van der Waals surface area contributed by atoms with E-state index in [4.69, 9.17) is 0 Å². The van der Waals surface area contributed by atoms with Gasteiger partial charge in [0.2, 0.25) is 5.91 Å². The van der Waals surface area contributed by atoms with Gasteiger partial charge < -0.3 is 4.90 Å². The van der Waals surface area contributed by atoms with E-state index in [-0.39, 0.29) is 11.9 Å². The van der Waals surface area contributed by atoms with Crippen molar-refractivity contribution in [3.05, 3.63) is 114 Å². The highest BCUT2D eigenvalue weighted by molar-refractivity contribution is 6.01. The van der Waals surface area contributed by atoms with Crippen LogP contribution in [-0.2, 0) is 10.2 Å². The number of benzene rings is 3. The van der Waals surface area contributed by atoms with Gasteiger partial charge in [-0.05, 0) is 29.5 Å². The summed E-state index contributed by atoms with van der Waals surface area (Å²) in [7, 11) is 0. The smallest absolute Gasteiger partial charge is 0.240 e. The first-order chi connectivity index (χ1) is 15.3. The van der Waals surface area contributed by atoms with Crippen LogP contribution in [0.3, 0.4) is 0 Å². The highest BCUT2D eigenvalue weighted by Crippen LogP contribution is 2.50. The molecule has 1 saturated heterocycles. The third kappa shape index (κ3) is 3.40. The first kappa shape index (κ1) is 19.8. The standard InChI is InChI=1S/C29H29NO/c31-28-29(24-15-7-2-8-16-24,25-17-9-3-10-18-25)27(22-21-23-13-5-1-6-14-23)30(28)26-19-11-4-12-20-26/h1-3,5-10,13-18,21-22,26-27H,4,11-12,19-20H2/b22-21+/t27-/m0/s1. The molecular weight excluding hydrogens is 378 g/mol. The molecule has 156 valence electrons. The fourth-order valence-electron chi connectivity index (χ4n) is 5.51. The Kier molecular flexibility index (Phi) is 5.46. The van der Waals surface area contributed by atoms with E-state index in [0.29, 0.717) is 6.04 Å². The Labute approximate surface area is 185 Å². The third-order valence-corrected chi connectivity index (χ3v) is 7.01. The van der Waals surface area contributed by atoms with Crippen LogP contribution in [0, 0.1) is 0 Å². The molecule has 31 heavy (non-hydrogen) atoms. The lowest BCUT2D eigenvalue weighted by molar-refractivity contribution is -0.159. The molecular formula is C29H29NO. The van der Waals surface area contributed by atoms with E-state index < -0.39 is 5.41 Å². The lowest BCUT2D eigenvalue weighted by atomic mass is 9.60. The van der Waals surface area contributed by atoms with Crippen molar-refractivity contribution in [2.75, 3.05) is 0 Å². The summed E-state index contributed by atoms with van der Waals surface area (Å²) in [6, 6.07) is 31.5. The normalized spacial score (nSPS) is 21.2. The molecule has 3 aromatic rings. The minimum atomic E-state index is -0.661. The summed E-state index contributed by atoms with van der Waals surface area (Å²) in [5, 5.41) is 0. The average molecular weight is 408 g/mol. The van der Waals surface area contributed by atoms with Gasteiger partial charge in [0.25, 0.3) is 0 Å². The number of rotatable bonds is 5. The van der Waals surface area contributed by atoms with Crippen molar-refractivity contribution >= 4 is 12.0 Å². The molecule has 1 amide bonds. The minimum absolute atomic E-state index is 0.00751. The Morgan fingerprint density at radius 3 is 1.77 bits per heavy atom. The number of likely N-dealkylation sites (tertiary alicyclic amines) is 1. The Balaban J connectivity index is 1.64. The zero-order valence-electron chi connectivity index (χ0n) is 17.9. The van der Waals surface area contributed by atoms with Crippen LogP contribution < -0.4 is 0 Å². The van der Waals surface area contributed by atoms with Crippen molar-refractivity contribution in [2.45, 2.75) is 49.6 Å². The Morgan fingerprint density at radius 1 is 0.710 bits per heavy atom. The molecule has 2 heteroatoms. The lowest BCUT2D eigenvalue weighted by Gasteiger charge is -2.59. The van der Waals surface area contributed by atoms with Gasteiger partial charge in [-0.1, -0.05) is 122 Å². The van der Waals surface area contributed by atoms with Crippen LogP contribution in [0.5, 0.6) is 0 Å². The summed E-state index contributed by atoms with van der Waals surface area (Å²) in [5.41, 5.74) is 2.67. The van der Waals surface area contributed by atoms with Crippen molar-refractivity contribution in [1.29, 1.82) is 0 Å². The van der Waals surface area contributed by atoms with Gasteiger partial charge in [-0.3, -0.25) is 4.79 Å². The van der Waals surface area contributed by atoms with Gasteiger partial charge in [-0.15, -0.1) is 0 Å². The molecule has 0 radical (unpaired) electrons. The molecule has 3 aromatic carbocycles. The highest BCUT2D eigenvalue weighted by atomic mass is 16.2. The second-order valence-corrected chi connectivity index (χ2v) is 8.76. The van der Waals surface area contributed by atoms with E-state index in [2.05, 4.69) is 89.8 Å². The molecule has 1 aliphatic heterocycles. The maximum Gasteiger partial charge on any atom is 0.240 e. The SMILES string of the molecule is O=C1N(C2CCCCC2)[C@@H](/C=C/c2ccccc2)C1(c1ccccc1)c1ccccc1. The summed E-state index contributed by atoms with van der Waals surface area (Å²) < 4.78 is 0. The zero-order chi connectivity index (χ0) is 21.1. The number of carbonyl (C=O) groups is 1. The number of hydrogen-bond acceptors (Lipinski definition) is 1. The number of carbonyl (C=O) groups excluding carboxylic acids is 1. The Hall–Kier alpha value is -3.13. The van der Waals surface area contributed by atoms with Crippen LogP contribution >= 0.6 is 0 Å². The summed E-state index contributed by atoms with van der Waals surface area (Å²) in [4.78, 5) is 16.3. The van der Waals surface area contributed by atoms with Gasteiger partial charge in [0, 0.05) is 6.04 Å². The van der Waals surface area contributed by atoms with Crippen molar-refractivity contribution in [1.82, 2.24) is 4.90 Å². The molecule has 1 heterocycles. The fourth-order valence-corrected chi connectivity index (χ4v) is 5.51. The van der Waals surface area contributed by atoms with E-state index in [1.54, 1.807) is 0 Å². The second-order valence-electron chi connectivity index (χ2n) is 8.76. The maximum absolute atomic E-state index is 14.1. The van der Waals surface area contributed by atoms with Crippen LogP contribution in [0.15, 0.2) is 97.1 Å². The average Bonchev–Trinajstić information content (AvgIpc) is 2.84. The number of hydrogen-bond donors (Lipinski definition) is 0. The van der Waals surface area contributed by atoms with Gasteiger partial charge >= 0.3 is 0 Å².